The predicted molar refractivity (Wildman–Crippen MR) is 5.75 cm³/mol. The molecule has 0 amide bonds. The van der Waals surface area contributed by atoms with Crippen LogP contribution in [0, 0.1) is 40.8 Å². The average molecular weight is 408 g/mol. The van der Waals surface area contributed by atoms with E-state index in [9.17, 15) is 0 Å². The first kappa shape index (κ1) is 30.0. The van der Waals surface area contributed by atoms with Crippen molar-refractivity contribution in [3.63, 3.8) is 0 Å². The van der Waals surface area contributed by atoms with Crippen LogP contribution in [0.5, 0.6) is 0 Å². The summed E-state index contributed by atoms with van der Waals surface area (Å²) in [7, 11) is 0. The molecule has 0 nitrogen and oxygen atoms in total. The molecule has 0 bridgehead atoms. The van der Waals surface area contributed by atoms with E-state index in [-0.39, 0.29) is 88.7 Å². The molecule has 0 atom stereocenters. The molecule has 0 aliphatic rings. The van der Waals surface area contributed by atoms with Gasteiger partial charge in [-0.15, -0.1) is 0 Å². The first-order valence-corrected chi connectivity index (χ1v) is 0. The standard InChI is InChI=1S/Au.B.Fe.Nd. The molecule has 26 valence electrons. The second kappa shape index (κ2) is 17.3. The van der Waals surface area contributed by atoms with Crippen molar-refractivity contribution in [3.05, 3.63) is 0 Å². The van der Waals surface area contributed by atoms with Gasteiger partial charge in [-0.05, 0) is 0 Å². The van der Waals surface area contributed by atoms with Crippen LogP contribution in [0.3, 0.4) is 0 Å². The zero-order chi connectivity index (χ0) is 0. The smallest absolute Gasteiger partial charge is 0 e. The minimum Gasteiger partial charge on any atom is 0 e. The first-order chi connectivity index (χ1) is 0. The Labute approximate surface area is 86.9 Å². The van der Waals surface area contributed by atoms with Crippen molar-refractivity contribution in [3.8, 4) is 0 Å². The van der Waals surface area contributed by atoms with Gasteiger partial charge in [0.05, 0.1) is 0 Å². The molecule has 0 aliphatic carbocycles. The molecule has 4 radical (unpaired) electrons. The van der Waals surface area contributed by atoms with Gasteiger partial charge in [0.2, 0.25) is 0 Å². The van der Waals surface area contributed by atoms with E-state index < -0.39 is 0 Å². The Morgan fingerprint density at radius 3 is 1.00 bits per heavy atom. The second-order valence-electron chi connectivity index (χ2n) is 0. The molecule has 0 aromatic rings. The Bertz CT molecular complexity index is 8.00. The van der Waals surface area contributed by atoms with E-state index in [1.54, 1.807) is 0 Å². The van der Waals surface area contributed by atoms with Crippen molar-refractivity contribution in [2.24, 2.45) is 0 Å². The fraction of sp³-hybridized carbons (Fsp3) is 0. The fourth-order valence-corrected chi connectivity index (χ4v) is 0. The Balaban J connectivity index is 0. The zero-order valence-electron chi connectivity index (χ0n) is 1.73. The summed E-state index contributed by atoms with van der Waals surface area (Å²) in [4.78, 5) is 0. The van der Waals surface area contributed by atoms with Crippen molar-refractivity contribution >= 4 is 8.41 Å². The third kappa shape index (κ3) is 8.82. The van der Waals surface area contributed by atoms with E-state index in [0.29, 0.717) is 0 Å². The summed E-state index contributed by atoms with van der Waals surface area (Å²) in [5.41, 5.74) is 0. The van der Waals surface area contributed by atoms with E-state index in [2.05, 4.69) is 0 Å². The van der Waals surface area contributed by atoms with E-state index >= 15 is 0 Å². The molecule has 0 aromatic carbocycles. The van der Waals surface area contributed by atoms with Gasteiger partial charge in [0, 0.05) is 88.7 Å². The Morgan fingerprint density at radius 1 is 1.00 bits per heavy atom. The summed E-state index contributed by atoms with van der Waals surface area (Å²) in [6, 6.07) is 0. The monoisotopic (exact) mass is 406 g/mol. The van der Waals surface area contributed by atoms with E-state index in [1.165, 1.54) is 0 Å². The second-order valence-corrected chi connectivity index (χ2v) is 0. The van der Waals surface area contributed by atoms with Crippen LogP contribution in [0.2, 0.25) is 0 Å². The normalized spacial score (nSPS) is 0. The van der Waals surface area contributed by atoms with Crippen molar-refractivity contribution in [1.29, 1.82) is 0 Å². The average Bonchev–Trinajstić information content (AvgIpc) is 0. The molecule has 0 spiro atoms. The van der Waals surface area contributed by atoms with Crippen LogP contribution in [0.25, 0.3) is 0 Å². The minimum absolute atomic E-state index is 0. The Hall–Kier alpha value is 2.68. The van der Waals surface area contributed by atoms with Crippen LogP contribution in [0.15, 0.2) is 0 Å². The molecule has 0 aromatic heterocycles. The number of rotatable bonds is 0. The Kier molecular flexibility index (Phi) is 130. The van der Waals surface area contributed by atoms with Gasteiger partial charge in [-0.2, -0.15) is 0 Å². The van der Waals surface area contributed by atoms with Crippen LogP contribution in [0.4, 0.5) is 0 Å². The first-order valence-electron chi connectivity index (χ1n) is 0. The summed E-state index contributed by atoms with van der Waals surface area (Å²) in [6.45, 7) is 0. The van der Waals surface area contributed by atoms with Gasteiger partial charge >= 0.3 is 0 Å². The molecule has 0 saturated carbocycles. The van der Waals surface area contributed by atoms with E-state index in [4.69, 9.17) is 0 Å². The zero-order valence-corrected chi connectivity index (χ0v) is 8.21. The number of hydrogen-bond acceptors (Lipinski definition) is 0. The quantitative estimate of drug-likeness (QED) is 0.480. The molecular weight excluding hydrogens is 408 g/mol. The van der Waals surface area contributed by atoms with Crippen molar-refractivity contribution in [2.45, 2.75) is 0 Å². The molecule has 4 heavy (non-hydrogen) atoms. The summed E-state index contributed by atoms with van der Waals surface area (Å²) in [5, 5.41) is 0. The molecule has 0 N–H and O–H groups in total. The number of hydrogen-bond donors (Lipinski definition) is 0. The van der Waals surface area contributed by atoms with Crippen LogP contribution in [-0.2, 0) is 39.4 Å². The third-order valence-electron chi connectivity index (χ3n) is 0. The van der Waals surface area contributed by atoms with Crippen LogP contribution in [0.1, 0.15) is 0 Å². The van der Waals surface area contributed by atoms with Crippen molar-refractivity contribution in [1.82, 2.24) is 0 Å². The van der Waals surface area contributed by atoms with Crippen LogP contribution < -0.4 is 0 Å². The summed E-state index contributed by atoms with van der Waals surface area (Å²) < 4.78 is 0. The predicted octanol–water partition coefficient (Wildman–Crippen LogP) is -0.386. The molecular formula is AuBFeNd. The van der Waals surface area contributed by atoms with Gasteiger partial charge < -0.3 is 0 Å². The minimum atomic E-state index is 0. The van der Waals surface area contributed by atoms with E-state index in [0.717, 1.165) is 0 Å². The maximum Gasteiger partial charge on any atom is 0 e. The van der Waals surface area contributed by atoms with Gasteiger partial charge in [-0.3, -0.25) is 0 Å². The molecule has 0 saturated heterocycles. The van der Waals surface area contributed by atoms with Gasteiger partial charge in [0.1, 0.15) is 0 Å². The molecule has 0 aliphatic heterocycles. The summed E-state index contributed by atoms with van der Waals surface area (Å²) >= 11 is 0. The summed E-state index contributed by atoms with van der Waals surface area (Å²) in [5.74, 6) is 0. The summed E-state index contributed by atoms with van der Waals surface area (Å²) in [6.07, 6.45) is 0. The maximum atomic E-state index is 0. The van der Waals surface area contributed by atoms with Crippen molar-refractivity contribution < 1.29 is 80.3 Å². The molecule has 0 rings (SSSR count). The van der Waals surface area contributed by atoms with Crippen LogP contribution in [-0.4, -0.2) is 8.41 Å². The van der Waals surface area contributed by atoms with Crippen molar-refractivity contribution in [2.75, 3.05) is 0 Å². The molecule has 0 heterocycles. The van der Waals surface area contributed by atoms with E-state index in [1.807, 2.05) is 0 Å². The molecule has 4 heteroatoms. The van der Waals surface area contributed by atoms with Gasteiger partial charge in [-0.25, -0.2) is 0 Å². The fourth-order valence-electron chi connectivity index (χ4n) is 0. The molecule has 0 fully saturated rings. The maximum absolute atomic E-state index is 0. The van der Waals surface area contributed by atoms with Gasteiger partial charge in [0.25, 0.3) is 0 Å². The SMILES string of the molecule is [Au].[B].[Fe].[Nd]. The molecule has 0 unspecified atom stereocenters. The van der Waals surface area contributed by atoms with Gasteiger partial charge in [-0.1, -0.05) is 0 Å². The van der Waals surface area contributed by atoms with Crippen LogP contribution >= 0.6 is 0 Å². The van der Waals surface area contributed by atoms with Gasteiger partial charge in [0.15, 0.2) is 0 Å². The Morgan fingerprint density at radius 2 is 1.00 bits per heavy atom. The largest absolute Gasteiger partial charge is 0 e. The third-order valence-corrected chi connectivity index (χ3v) is 0. The topological polar surface area (TPSA) is 0 Å².